The van der Waals surface area contributed by atoms with Crippen LogP contribution in [0.15, 0.2) is 18.2 Å². The highest BCUT2D eigenvalue weighted by molar-refractivity contribution is 7.80. The van der Waals surface area contributed by atoms with Gasteiger partial charge in [0.2, 0.25) is 0 Å². The number of rotatable bonds is 6. The van der Waals surface area contributed by atoms with Crippen LogP contribution in [-0.2, 0) is 0 Å². The lowest BCUT2D eigenvalue weighted by Crippen LogP contribution is -2.33. The molecule has 0 heterocycles. The number of alkyl halides is 2. The lowest BCUT2D eigenvalue weighted by molar-refractivity contribution is 0.153. The van der Waals surface area contributed by atoms with Crippen molar-refractivity contribution in [3.63, 3.8) is 0 Å². The van der Waals surface area contributed by atoms with Gasteiger partial charge in [-0.3, -0.25) is 0 Å². The first-order valence-corrected chi connectivity index (χ1v) is 5.98. The van der Waals surface area contributed by atoms with Crippen molar-refractivity contribution in [2.24, 2.45) is 5.73 Å². The first-order valence-electron chi connectivity index (χ1n) is 5.19. The number of nitrogens with two attached hydrogens (primary N) is 1. The summed E-state index contributed by atoms with van der Waals surface area (Å²) in [5, 5.41) is 9.23. The van der Waals surface area contributed by atoms with E-state index >= 15 is 0 Å². The second-order valence-electron chi connectivity index (χ2n) is 3.56. The maximum Gasteiger partial charge on any atom is 0.255 e. The minimum Gasteiger partial charge on any atom is -0.395 e. The molecule has 0 aliphatic heterocycles. The molecule has 0 fully saturated rings. The Morgan fingerprint density at radius 2 is 2.17 bits per heavy atom. The number of aliphatic hydroxyl groups excluding tert-OH is 1. The van der Waals surface area contributed by atoms with Crippen LogP contribution in [0.2, 0.25) is 5.02 Å². The molecule has 1 aromatic rings. The fourth-order valence-corrected chi connectivity index (χ4v) is 2.16. The zero-order valence-electron chi connectivity index (χ0n) is 9.44. The first kappa shape index (κ1) is 15.1. The Kier molecular flexibility index (Phi) is 5.71. The van der Waals surface area contributed by atoms with Gasteiger partial charge in [0.05, 0.1) is 23.7 Å². The molecule has 1 aromatic carbocycles. The third-order valence-electron chi connectivity index (χ3n) is 2.31. The molecule has 0 radical (unpaired) electrons. The molecule has 0 amide bonds. The summed E-state index contributed by atoms with van der Waals surface area (Å²) in [5.41, 5.74) is 6.31. The van der Waals surface area contributed by atoms with E-state index in [0.29, 0.717) is 16.3 Å². The molecule has 18 heavy (non-hydrogen) atoms. The number of thiocarbonyl (C=S) groups is 1. The van der Waals surface area contributed by atoms with Crippen LogP contribution in [-0.4, -0.2) is 36.2 Å². The SMILES string of the molecule is NC(=S)c1c(Cl)cccc1N(CCO)CC(F)F. The van der Waals surface area contributed by atoms with Crippen LogP contribution in [0.4, 0.5) is 14.5 Å². The van der Waals surface area contributed by atoms with Crippen LogP contribution in [0.1, 0.15) is 5.56 Å². The zero-order chi connectivity index (χ0) is 13.7. The minimum absolute atomic E-state index is 0.0350. The zero-order valence-corrected chi connectivity index (χ0v) is 11.0. The summed E-state index contributed by atoms with van der Waals surface area (Å²) in [6.07, 6.45) is -2.53. The largest absolute Gasteiger partial charge is 0.395 e. The number of hydrogen-bond donors (Lipinski definition) is 2. The Hall–Kier alpha value is -0.980. The van der Waals surface area contributed by atoms with Gasteiger partial charge in [0.1, 0.15) is 4.99 Å². The molecule has 0 saturated heterocycles. The van der Waals surface area contributed by atoms with Crippen LogP contribution in [0.3, 0.4) is 0 Å². The summed E-state index contributed by atoms with van der Waals surface area (Å²) in [7, 11) is 0. The van der Waals surface area contributed by atoms with E-state index in [1.165, 1.54) is 4.90 Å². The topological polar surface area (TPSA) is 49.5 Å². The van der Waals surface area contributed by atoms with E-state index in [1.807, 2.05) is 0 Å². The average molecular weight is 295 g/mol. The third kappa shape index (κ3) is 3.76. The van der Waals surface area contributed by atoms with E-state index < -0.39 is 13.0 Å². The van der Waals surface area contributed by atoms with E-state index in [1.54, 1.807) is 18.2 Å². The highest BCUT2D eigenvalue weighted by Gasteiger charge is 2.18. The molecule has 0 aliphatic rings. The number of benzene rings is 1. The minimum atomic E-state index is -2.53. The maximum atomic E-state index is 12.5. The molecule has 0 bridgehead atoms. The van der Waals surface area contributed by atoms with Gasteiger partial charge in [-0.25, -0.2) is 8.78 Å². The van der Waals surface area contributed by atoms with Crippen LogP contribution in [0, 0.1) is 0 Å². The van der Waals surface area contributed by atoms with Crippen LogP contribution >= 0.6 is 23.8 Å². The fraction of sp³-hybridized carbons (Fsp3) is 0.364. The molecule has 0 aromatic heterocycles. The van der Waals surface area contributed by atoms with Gasteiger partial charge >= 0.3 is 0 Å². The van der Waals surface area contributed by atoms with E-state index in [0.717, 1.165) is 0 Å². The number of anilines is 1. The summed E-state index contributed by atoms with van der Waals surface area (Å²) in [5.74, 6) is 0. The Morgan fingerprint density at radius 1 is 1.50 bits per heavy atom. The Labute approximate surface area is 114 Å². The molecule has 3 nitrogen and oxygen atoms in total. The molecule has 0 spiro atoms. The van der Waals surface area contributed by atoms with Gasteiger partial charge in [0, 0.05) is 12.2 Å². The van der Waals surface area contributed by atoms with Crippen molar-refractivity contribution in [3.8, 4) is 0 Å². The van der Waals surface area contributed by atoms with E-state index in [9.17, 15) is 8.78 Å². The molecule has 0 saturated carbocycles. The number of hydrogen-bond acceptors (Lipinski definition) is 3. The van der Waals surface area contributed by atoms with Crippen LogP contribution in [0.25, 0.3) is 0 Å². The third-order valence-corrected chi connectivity index (χ3v) is 2.83. The number of nitrogens with zero attached hydrogens (tertiary/aromatic N) is 1. The Morgan fingerprint density at radius 3 is 2.67 bits per heavy atom. The molecule has 7 heteroatoms. The molecular formula is C11H13ClF2N2OS. The van der Waals surface area contributed by atoms with Crippen molar-refractivity contribution in [1.82, 2.24) is 0 Å². The predicted octanol–water partition coefficient (Wildman–Crippen LogP) is 2.04. The van der Waals surface area contributed by atoms with Crippen molar-refractivity contribution in [2.75, 3.05) is 24.6 Å². The quantitative estimate of drug-likeness (QED) is 0.788. The molecule has 0 unspecified atom stereocenters. The highest BCUT2D eigenvalue weighted by atomic mass is 35.5. The van der Waals surface area contributed by atoms with Gasteiger partial charge in [0.25, 0.3) is 6.43 Å². The van der Waals surface area contributed by atoms with Crippen molar-refractivity contribution >= 4 is 34.5 Å². The van der Waals surface area contributed by atoms with Gasteiger partial charge in [-0.1, -0.05) is 29.9 Å². The first-order chi connectivity index (χ1) is 8.47. The summed E-state index contributed by atoms with van der Waals surface area (Å²) in [6.45, 7) is -0.715. The van der Waals surface area contributed by atoms with Crippen molar-refractivity contribution in [1.29, 1.82) is 0 Å². The second-order valence-corrected chi connectivity index (χ2v) is 4.41. The van der Waals surface area contributed by atoms with Gasteiger partial charge in [-0.05, 0) is 12.1 Å². The average Bonchev–Trinajstić information content (AvgIpc) is 2.27. The lowest BCUT2D eigenvalue weighted by Gasteiger charge is -2.26. The predicted molar refractivity (Wildman–Crippen MR) is 72.6 cm³/mol. The highest BCUT2D eigenvalue weighted by Crippen LogP contribution is 2.27. The Bertz CT molecular complexity index is 432. The maximum absolute atomic E-state index is 12.5. The summed E-state index contributed by atoms with van der Waals surface area (Å²) in [6, 6.07) is 4.80. The van der Waals surface area contributed by atoms with E-state index in [-0.39, 0.29) is 18.1 Å². The second kappa shape index (κ2) is 6.82. The van der Waals surface area contributed by atoms with Crippen molar-refractivity contribution in [2.45, 2.75) is 6.43 Å². The van der Waals surface area contributed by atoms with Crippen molar-refractivity contribution < 1.29 is 13.9 Å². The van der Waals surface area contributed by atoms with Gasteiger partial charge < -0.3 is 15.7 Å². The number of aliphatic hydroxyl groups is 1. The normalized spacial score (nSPS) is 10.7. The molecule has 3 N–H and O–H groups in total. The van der Waals surface area contributed by atoms with Gasteiger partial charge in [-0.15, -0.1) is 0 Å². The van der Waals surface area contributed by atoms with Gasteiger partial charge in [0.15, 0.2) is 0 Å². The molecule has 100 valence electrons. The standard InChI is InChI=1S/C11H13ClF2N2OS/c12-7-2-1-3-8(10(7)11(15)18)16(4-5-17)6-9(13)14/h1-3,9,17H,4-6H2,(H2,15,18). The molecular weight excluding hydrogens is 282 g/mol. The molecule has 1 rings (SSSR count). The summed E-state index contributed by atoms with van der Waals surface area (Å²) >= 11 is 10.8. The monoisotopic (exact) mass is 294 g/mol. The van der Waals surface area contributed by atoms with E-state index in [2.05, 4.69) is 0 Å². The van der Waals surface area contributed by atoms with E-state index in [4.69, 9.17) is 34.7 Å². The smallest absolute Gasteiger partial charge is 0.255 e. The fourth-order valence-electron chi connectivity index (χ4n) is 1.62. The summed E-state index contributed by atoms with van der Waals surface area (Å²) in [4.78, 5) is 1.35. The van der Waals surface area contributed by atoms with Crippen molar-refractivity contribution in [3.05, 3.63) is 28.8 Å². The van der Waals surface area contributed by atoms with Crippen LogP contribution in [0.5, 0.6) is 0 Å². The number of halogens is 3. The summed E-state index contributed by atoms with van der Waals surface area (Å²) < 4.78 is 25.0. The Balaban J connectivity index is 3.18. The van der Waals surface area contributed by atoms with Crippen LogP contribution < -0.4 is 10.6 Å². The molecule has 0 aliphatic carbocycles. The molecule has 0 atom stereocenters. The van der Waals surface area contributed by atoms with Gasteiger partial charge in [-0.2, -0.15) is 0 Å². The lowest BCUT2D eigenvalue weighted by atomic mass is 10.1.